The molecule has 0 unspecified atom stereocenters. The molecule has 1 aliphatic heterocycles. The van der Waals surface area contributed by atoms with Crippen LogP contribution in [0.15, 0.2) is 58.4 Å². The van der Waals surface area contributed by atoms with Crippen molar-refractivity contribution >= 4 is 39.3 Å². The van der Waals surface area contributed by atoms with E-state index in [4.69, 9.17) is 11.6 Å². The molecule has 0 radical (unpaired) electrons. The highest BCUT2D eigenvalue weighted by molar-refractivity contribution is 7.90. The van der Waals surface area contributed by atoms with Crippen molar-refractivity contribution in [3.63, 3.8) is 0 Å². The van der Waals surface area contributed by atoms with Crippen molar-refractivity contribution in [2.45, 2.75) is 31.2 Å². The summed E-state index contributed by atoms with van der Waals surface area (Å²) in [6, 6.07) is 11.9. The summed E-state index contributed by atoms with van der Waals surface area (Å²) in [5.74, 6) is -1.26. The summed E-state index contributed by atoms with van der Waals surface area (Å²) in [6.45, 7) is 3.71. The Balaban J connectivity index is 1.82. The predicted molar refractivity (Wildman–Crippen MR) is 114 cm³/mol. The molecule has 0 aromatic heterocycles. The third-order valence-electron chi connectivity index (χ3n) is 4.80. The lowest BCUT2D eigenvalue weighted by molar-refractivity contribution is -0.124. The number of rotatable bonds is 5. The highest BCUT2D eigenvalue weighted by Gasteiger charge is 2.33. The minimum atomic E-state index is -3.72. The molecule has 1 aliphatic rings. The van der Waals surface area contributed by atoms with Gasteiger partial charge in [0.05, 0.1) is 15.5 Å². The van der Waals surface area contributed by atoms with E-state index in [0.717, 1.165) is 0 Å². The van der Waals surface area contributed by atoms with Gasteiger partial charge in [-0.3, -0.25) is 30.2 Å². The number of hydrogen-bond acceptors (Lipinski definition) is 5. The average Bonchev–Trinajstić information content (AvgIpc) is 3.00. The van der Waals surface area contributed by atoms with E-state index in [1.54, 1.807) is 36.4 Å². The Morgan fingerprint density at radius 1 is 1.10 bits per heavy atom. The number of carbonyl (C=O) groups is 2. The van der Waals surface area contributed by atoms with Gasteiger partial charge in [-0.2, -0.15) is 0 Å². The fourth-order valence-corrected chi connectivity index (χ4v) is 4.40. The first-order chi connectivity index (χ1) is 14.2. The Kier molecular flexibility index (Phi) is 6.42. The minimum absolute atomic E-state index is 0.100. The first-order valence-corrected chi connectivity index (χ1v) is 11.2. The second-order valence-corrected chi connectivity index (χ2v) is 8.89. The number of sulfonamides is 1. The maximum Gasteiger partial charge on any atom is 0.271 e. The van der Waals surface area contributed by atoms with Crippen LogP contribution in [0.4, 0.5) is 0 Å². The van der Waals surface area contributed by atoms with Gasteiger partial charge in [-0.15, -0.1) is 0 Å². The molecule has 3 rings (SSSR count). The number of benzene rings is 2. The number of nitrogens with zero attached hydrogens (tertiary/aromatic N) is 1. The van der Waals surface area contributed by atoms with Crippen molar-refractivity contribution < 1.29 is 18.0 Å². The maximum atomic E-state index is 12.8. The Labute approximate surface area is 179 Å². The molecule has 0 saturated heterocycles. The van der Waals surface area contributed by atoms with Gasteiger partial charge < -0.3 is 0 Å². The lowest BCUT2D eigenvalue weighted by Gasteiger charge is -2.19. The smallest absolute Gasteiger partial charge is 0.271 e. The molecule has 0 bridgehead atoms. The van der Waals surface area contributed by atoms with Gasteiger partial charge in [0, 0.05) is 5.56 Å². The van der Waals surface area contributed by atoms with Gasteiger partial charge in [-0.1, -0.05) is 56.1 Å². The van der Waals surface area contributed by atoms with E-state index >= 15 is 0 Å². The summed E-state index contributed by atoms with van der Waals surface area (Å²) >= 11 is 6.00. The van der Waals surface area contributed by atoms with E-state index in [0.29, 0.717) is 12.0 Å². The van der Waals surface area contributed by atoms with E-state index in [1.807, 2.05) is 13.8 Å². The molecule has 0 saturated carbocycles. The van der Waals surface area contributed by atoms with Gasteiger partial charge in [-0.05, 0) is 30.2 Å². The summed E-state index contributed by atoms with van der Waals surface area (Å²) in [6.07, 6.45) is 0.613. The largest absolute Gasteiger partial charge is 0.271 e. The summed E-state index contributed by atoms with van der Waals surface area (Å²) in [5.41, 5.74) is 5.30. The van der Waals surface area contributed by atoms with Gasteiger partial charge in [0.2, 0.25) is 0 Å². The van der Waals surface area contributed by atoms with Gasteiger partial charge in [0.25, 0.3) is 21.8 Å². The van der Waals surface area contributed by atoms with Gasteiger partial charge in [-0.25, -0.2) is 8.42 Å². The van der Waals surface area contributed by atoms with Crippen molar-refractivity contribution in [2.75, 3.05) is 0 Å². The first-order valence-electron chi connectivity index (χ1n) is 9.29. The number of nitrogens with one attached hydrogen (secondary N) is 3. The van der Waals surface area contributed by atoms with Crippen molar-refractivity contribution in [1.82, 2.24) is 15.6 Å². The number of carbonyl (C=O) groups excluding carboxylic acids is 2. The molecule has 2 aromatic rings. The van der Waals surface area contributed by atoms with Crippen LogP contribution in [0.2, 0.25) is 5.02 Å². The molecular formula is C20H21ClN4O4S. The van der Waals surface area contributed by atoms with E-state index in [9.17, 15) is 18.0 Å². The molecular weight excluding hydrogens is 428 g/mol. The number of fused-ring (bicyclic) bond motifs is 1. The Hall–Kier alpha value is -2.91. The third-order valence-corrected chi connectivity index (χ3v) is 6.53. The second kappa shape index (κ2) is 8.85. The lowest BCUT2D eigenvalue weighted by atomic mass is 9.99. The molecule has 8 nitrogen and oxygen atoms in total. The number of hydrogen-bond donors (Lipinski definition) is 3. The number of hydrazine groups is 1. The van der Waals surface area contributed by atoms with Gasteiger partial charge in [0.1, 0.15) is 11.9 Å². The molecule has 158 valence electrons. The Bertz CT molecular complexity index is 1120. The molecule has 2 amide bonds. The number of halogens is 1. The number of amides is 2. The third kappa shape index (κ3) is 4.47. The highest BCUT2D eigenvalue weighted by Crippen LogP contribution is 2.24. The highest BCUT2D eigenvalue weighted by atomic mass is 35.5. The molecule has 10 heteroatoms. The van der Waals surface area contributed by atoms with Crippen LogP contribution in [-0.4, -0.2) is 32.1 Å². The monoisotopic (exact) mass is 448 g/mol. The standard InChI is InChI=1S/C20H21ClN4O4S/c1-3-12(2)17(20(27)24-23-19(26)13-8-4-6-10-15(13)21)22-18-14-9-5-7-11-16(14)30(28,29)25-18/h4-12,17H,3H2,1-2H3,(H,22,25)(H,23,26)(H,24,27)/t12-,17-/m0/s1. The van der Waals surface area contributed by atoms with Gasteiger partial charge >= 0.3 is 0 Å². The lowest BCUT2D eigenvalue weighted by Crippen LogP contribution is -2.48. The SMILES string of the molecule is CC[C@H](C)[C@H](N=C1NS(=O)(=O)c2ccccc21)C(=O)NNC(=O)c1ccccc1Cl. The van der Waals surface area contributed by atoms with Crippen LogP contribution in [-0.2, 0) is 14.8 Å². The van der Waals surface area contributed by atoms with E-state index in [2.05, 4.69) is 20.6 Å². The fourth-order valence-electron chi connectivity index (χ4n) is 2.94. The second-order valence-electron chi connectivity index (χ2n) is 6.83. The van der Waals surface area contributed by atoms with Crippen LogP contribution in [0, 0.1) is 5.92 Å². The molecule has 2 atom stereocenters. The molecule has 1 heterocycles. The molecule has 0 aliphatic carbocycles. The number of aliphatic imine (C=N–C) groups is 1. The van der Waals surface area contributed by atoms with Crippen LogP contribution in [0.3, 0.4) is 0 Å². The molecule has 2 aromatic carbocycles. The Morgan fingerprint density at radius 2 is 1.77 bits per heavy atom. The van der Waals surface area contributed by atoms with E-state index in [1.165, 1.54) is 12.1 Å². The maximum absolute atomic E-state index is 12.8. The van der Waals surface area contributed by atoms with E-state index in [-0.39, 0.29) is 27.2 Å². The van der Waals surface area contributed by atoms with Gasteiger partial charge in [0.15, 0.2) is 0 Å². The zero-order valence-electron chi connectivity index (χ0n) is 16.3. The molecule has 3 N–H and O–H groups in total. The molecule has 0 fully saturated rings. The molecule has 30 heavy (non-hydrogen) atoms. The zero-order chi connectivity index (χ0) is 21.9. The zero-order valence-corrected chi connectivity index (χ0v) is 17.9. The van der Waals surface area contributed by atoms with Crippen LogP contribution in [0.1, 0.15) is 36.2 Å². The van der Waals surface area contributed by atoms with Crippen LogP contribution in [0.25, 0.3) is 0 Å². The quantitative estimate of drug-likeness (QED) is 0.608. The summed E-state index contributed by atoms with van der Waals surface area (Å²) in [7, 11) is -3.72. The Morgan fingerprint density at radius 3 is 2.47 bits per heavy atom. The minimum Gasteiger partial charge on any atom is -0.271 e. The van der Waals surface area contributed by atoms with E-state index < -0.39 is 27.9 Å². The van der Waals surface area contributed by atoms with Crippen LogP contribution in [0.5, 0.6) is 0 Å². The summed E-state index contributed by atoms with van der Waals surface area (Å²) in [4.78, 5) is 29.6. The van der Waals surface area contributed by atoms with Crippen LogP contribution >= 0.6 is 11.6 Å². The normalized spacial score (nSPS) is 17.5. The predicted octanol–water partition coefficient (Wildman–Crippen LogP) is 2.25. The fraction of sp³-hybridized carbons (Fsp3) is 0.250. The van der Waals surface area contributed by atoms with Crippen LogP contribution < -0.4 is 15.6 Å². The topological polar surface area (TPSA) is 117 Å². The van der Waals surface area contributed by atoms with Crippen molar-refractivity contribution in [3.05, 3.63) is 64.7 Å². The first kappa shape index (κ1) is 21.8. The summed E-state index contributed by atoms with van der Waals surface area (Å²) in [5, 5.41) is 0.250. The average molecular weight is 449 g/mol. The van der Waals surface area contributed by atoms with Crippen molar-refractivity contribution in [2.24, 2.45) is 10.9 Å². The summed E-state index contributed by atoms with van der Waals surface area (Å²) < 4.78 is 27.0. The molecule has 0 spiro atoms. The number of amidine groups is 1. The van der Waals surface area contributed by atoms with Crippen molar-refractivity contribution in [1.29, 1.82) is 0 Å². The van der Waals surface area contributed by atoms with Crippen molar-refractivity contribution in [3.8, 4) is 0 Å².